The summed E-state index contributed by atoms with van der Waals surface area (Å²) in [5.74, 6) is -0.160. The first-order chi connectivity index (χ1) is 17.2. The predicted molar refractivity (Wildman–Crippen MR) is 132 cm³/mol. The molecule has 9 heteroatoms. The van der Waals surface area contributed by atoms with Crippen molar-refractivity contribution >= 4 is 11.6 Å². The van der Waals surface area contributed by atoms with Crippen LogP contribution < -0.4 is 4.90 Å². The van der Waals surface area contributed by atoms with Gasteiger partial charge in [-0.3, -0.25) is 4.79 Å². The zero-order valence-electron chi connectivity index (χ0n) is 20.0. The summed E-state index contributed by atoms with van der Waals surface area (Å²) in [5, 5.41) is 4.76. The van der Waals surface area contributed by atoms with Crippen LogP contribution in [0.5, 0.6) is 0 Å². The third-order valence-corrected chi connectivity index (χ3v) is 6.52. The lowest BCUT2D eigenvalue weighted by molar-refractivity contribution is -0.137. The van der Waals surface area contributed by atoms with E-state index in [-0.39, 0.29) is 5.91 Å². The lowest BCUT2D eigenvalue weighted by Crippen LogP contribution is -2.49. The number of amides is 1. The zero-order valence-corrected chi connectivity index (χ0v) is 20.0. The largest absolute Gasteiger partial charge is 0.416 e. The second kappa shape index (κ2) is 9.22. The summed E-state index contributed by atoms with van der Waals surface area (Å²) >= 11 is 0. The van der Waals surface area contributed by atoms with Crippen LogP contribution in [0, 0.1) is 6.92 Å². The third kappa shape index (κ3) is 4.60. The number of piperazine rings is 1. The van der Waals surface area contributed by atoms with Crippen LogP contribution in [0.2, 0.25) is 0 Å². The van der Waals surface area contributed by atoms with E-state index >= 15 is 0 Å². The lowest BCUT2D eigenvalue weighted by Gasteiger charge is -2.36. The average molecular weight is 494 g/mol. The number of nitrogens with zero attached hydrogens (tertiary/aromatic N) is 5. The van der Waals surface area contributed by atoms with Gasteiger partial charge in [0, 0.05) is 45.1 Å². The van der Waals surface area contributed by atoms with Crippen molar-refractivity contribution in [2.75, 3.05) is 31.1 Å². The van der Waals surface area contributed by atoms with Crippen LogP contribution in [0.1, 0.15) is 21.6 Å². The molecule has 6 nitrogen and oxygen atoms in total. The quantitative estimate of drug-likeness (QED) is 0.394. The number of aromatic nitrogens is 3. The number of hydrogen-bond acceptors (Lipinski definition) is 3. The van der Waals surface area contributed by atoms with Gasteiger partial charge < -0.3 is 14.4 Å². The lowest BCUT2D eigenvalue weighted by atomic mass is 10.1. The van der Waals surface area contributed by atoms with E-state index in [2.05, 4.69) is 0 Å². The number of carbonyl (C=O) groups excluding carboxylic acids is 1. The van der Waals surface area contributed by atoms with Gasteiger partial charge in [-0.25, -0.2) is 4.68 Å². The summed E-state index contributed by atoms with van der Waals surface area (Å²) in [6.07, 6.45) is -2.47. The number of anilines is 1. The molecule has 0 N–H and O–H groups in total. The Morgan fingerprint density at radius 3 is 2.25 bits per heavy atom. The highest BCUT2D eigenvalue weighted by atomic mass is 19.4. The van der Waals surface area contributed by atoms with Gasteiger partial charge in [0.25, 0.3) is 5.91 Å². The van der Waals surface area contributed by atoms with Crippen LogP contribution in [0.15, 0.2) is 72.9 Å². The van der Waals surface area contributed by atoms with Gasteiger partial charge in [0.05, 0.1) is 16.9 Å². The highest BCUT2D eigenvalue weighted by Crippen LogP contribution is 2.32. The first-order valence-electron chi connectivity index (χ1n) is 11.7. The maximum absolute atomic E-state index is 13.6. The smallest absolute Gasteiger partial charge is 0.368 e. The molecule has 3 heterocycles. The van der Waals surface area contributed by atoms with E-state index in [0.717, 1.165) is 29.1 Å². The number of rotatable bonds is 4. The molecular formula is C27H26F3N5O. The van der Waals surface area contributed by atoms with Crippen LogP contribution in [-0.4, -0.2) is 51.3 Å². The molecule has 4 aromatic rings. The van der Waals surface area contributed by atoms with Gasteiger partial charge in [-0.05, 0) is 55.5 Å². The number of benzene rings is 2. The Hall–Kier alpha value is -4.01. The number of aryl methyl sites for hydroxylation is 2. The molecule has 2 aromatic carbocycles. The number of carbonyl (C=O) groups is 1. The van der Waals surface area contributed by atoms with Gasteiger partial charge in [0.2, 0.25) is 0 Å². The van der Waals surface area contributed by atoms with Crippen molar-refractivity contribution in [3.63, 3.8) is 0 Å². The van der Waals surface area contributed by atoms with E-state index in [9.17, 15) is 18.0 Å². The Balaban J connectivity index is 1.39. The summed E-state index contributed by atoms with van der Waals surface area (Å²) in [7, 11) is 1.93. The van der Waals surface area contributed by atoms with Crippen molar-refractivity contribution < 1.29 is 18.0 Å². The van der Waals surface area contributed by atoms with Crippen LogP contribution in [-0.2, 0) is 13.2 Å². The molecule has 1 aliphatic heterocycles. The molecule has 0 atom stereocenters. The summed E-state index contributed by atoms with van der Waals surface area (Å²) in [5.41, 5.74) is 3.75. The van der Waals surface area contributed by atoms with E-state index < -0.39 is 11.7 Å². The minimum Gasteiger partial charge on any atom is -0.368 e. The molecule has 1 aliphatic rings. The Morgan fingerprint density at radius 2 is 1.61 bits per heavy atom. The third-order valence-electron chi connectivity index (χ3n) is 6.52. The second-order valence-corrected chi connectivity index (χ2v) is 8.99. The predicted octanol–water partition coefficient (Wildman–Crippen LogP) is 5.17. The van der Waals surface area contributed by atoms with E-state index in [0.29, 0.717) is 43.3 Å². The molecule has 0 radical (unpaired) electrons. The highest BCUT2D eigenvalue weighted by molar-refractivity contribution is 5.94. The molecule has 0 aliphatic carbocycles. The van der Waals surface area contributed by atoms with Gasteiger partial charge in [0.1, 0.15) is 11.4 Å². The van der Waals surface area contributed by atoms with Gasteiger partial charge in [-0.2, -0.15) is 18.3 Å². The summed E-state index contributed by atoms with van der Waals surface area (Å²) in [6, 6.07) is 18.8. The van der Waals surface area contributed by atoms with Crippen molar-refractivity contribution in [3.8, 4) is 17.1 Å². The second-order valence-electron chi connectivity index (χ2n) is 8.99. The Kier molecular flexibility index (Phi) is 6.07. The molecule has 186 valence electrons. The minimum atomic E-state index is -4.39. The zero-order chi connectivity index (χ0) is 25.4. The Bertz CT molecular complexity index is 1380. The summed E-state index contributed by atoms with van der Waals surface area (Å²) in [6.45, 7) is 3.67. The fourth-order valence-corrected chi connectivity index (χ4v) is 4.48. The molecule has 1 fully saturated rings. The van der Waals surface area contributed by atoms with E-state index in [1.165, 1.54) is 6.07 Å². The standard InChI is InChI=1S/C27H26F3N5O/c1-19-8-10-21(11-9-19)35-25(18-23(31-35)24-7-4-12-32(24)2)26(36)34-15-13-33(14-16-34)22-6-3-5-20(17-22)27(28,29)30/h3-12,17-18H,13-16H2,1-2H3. The molecule has 0 saturated carbocycles. The SMILES string of the molecule is Cc1ccc(-n2nc(-c3cccn3C)cc2C(=O)N2CCN(c3cccc(C(F)(F)F)c3)CC2)cc1. The topological polar surface area (TPSA) is 46.3 Å². The van der Waals surface area contributed by atoms with Crippen LogP contribution >= 0.6 is 0 Å². The number of alkyl halides is 3. The molecule has 2 aromatic heterocycles. The molecule has 0 bridgehead atoms. The molecule has 1 amide bonds. The summed E-state index contributed by atoms with van der Waals surface area (Å²) in [4.78, 5) is 17.3. The maximum Gasteiger partial charge on any atom is 0.416 e. The van der Waals surface area contributed by atoms with Crippen molar-refractivity contribution in [3.05, 3.63) is 89.7 Å². The van der Waals surface area contributed by atoms with Gasteiger partial charge >= 0.3 is 6.18 Å². The first-order valence-corrected chi connectivity index (χ1v) is 11.7. The van der Waals surface area contributed by atoms with Crippen LogP contribution in [0.3, 0.4) is 0 Å². The summed E-state index contributed by atoms with van der Waals surface area (Å²) < 4.78 is 43.0. The van der Waals surface area contributed by atoms with Crippen molar-refractivity contribution in [1.29, 1.82) is 0 Å². The number of halogens is 3. The molecule has 0 spiro atoms. The highest BCUT2D eigenvalue weighted by Gasteiger charge is 2.32. The van der Waals surface area contributed by atoms with E-state index in [1.54, 1.807) is 21.7 Å². The van der Waals surface area contributed by atoms with Crippen molar-refractivity contribution in [2.24, 2.45) is 7.05 Å². The van der Waals surface area contributed by atoms with Gasteiger partial charge in [-0.1, -0.05) is 23.8 Å². The van der Waals surface area contributed by atoms with Crippen LogP contribution in [0.4, 0.5) is 18.9 Å². The monoisotopic (exact) mass is 493 g/mol. The fraction of sp³-hybridized carbons (Fsp3) is 0.259. The molecular weight excluding hydrogens is 467 g/mol. The molecule has 36 heavy (non-hydrogen) atoms. The minimum absolute atomic E-state index is 0.160. The fourth-order valence-electron chi connectivity index (χ4n) is 4.48. The van der Waals surface area contributed by atoms with E-state index in [4.69, 9.17) is 5.10 Å². The Labute approximate surface area is 207 Å². The molecule has 5 rings (SSSR count). The maximum atomic E-state index is 13.6. The molecule has 0 unspecified atom stereocenters. The van der Waals surface area contributed by atoms with Crippen molar-refractivity contribution in [1.82, 2.24) is 19.2 Å². The molecule has 1 saturated heterocycles. The first kappa shape index (κ1) is 23.7. The van der Waals surface area contributed by atoms with E-state index in [1.807, 2.05) is 66.0 Å². The number of hydrogen-bond donors (Lipinski definition) is 0. The van der Waals surface area contributed by atoms with Crippen LogP contribution in [0.25, 0.3) is 17.1 Å². The van der Waals surface area contributed by atoms with Gasteiger partial charge in [0.15, 0.2) is 0 Å². The Morgan fingerprint density at radius 1 is 0.889 bits per heavy atom. The van der Waals surface area contributed by atoms with Gasteiger partial charge in [-0.15, -0.1) is 0 Å². The van der Waals surface area contributed by atoms with Crippen molar-refractivity contribution in [2.45, 2.75) is 13.1 Å². The average Bonchev–Trinajstić information content (AvgIpc) is 3.50. The normalized spacial score (nSPS) is 14.4.